The fourth-order valence-corrected chi connectivity index (χ4v) is 1.65. The molecule has 0 aliphatic rings. The van der Waals surface area contributed by atoms with Crippen LogP contribution in [0.3, 0.4) is 0 Å². The van der Waals surface area contributed by atoms with Crippen molar-refractivity contribution < 1.29 is 9.21 Å². The van der Waals surface area contributed by atoms with Gasteiger partial charge in [-0.25, -0.2) is 0 Å². The first-order chi connectivity index (χ1) is 7.68. The molecule has 0 N–H and O–H groups in total. The van der Waals surface area contributed by atoms with Gasteiger partial charge in [0.25, 0.3) is 0 Å². The van der Waals surface area contributed by atoms with Crippen LogP contribution in [0.15, 0.2) is 34.9 Å². The van der Waals surface area contributed by atoms with Gasteiger partial charge in [0.15, 0.2) is 11.5 Å². The molecular weight excluding hydrogens is 202 g/mol. The molecule has 0 bridgehead atoms. The Balaban J connectivity index is 2.23. The summed E-state index contributed by atoms with van der Waals surface area (Å²) in [4.78, 5) is 13.9. The lowest BCUT2D eigenvalue weighted by molar-refractivity contribution is 0.0948. The SMILES string of the molecule is CN(C)CCC(=O)c1occ2ccccc12. The number of carbonyl (C=O) groups excluding carboxylic acids is 1. The number of rotatable bonds is 4. The molecule has 0 saturated carbocycles. The fraction of sp³-hybridized carbons (Fsp3) is 0.308. The number of hydrogen-bond acceptors (Lipinski definition) is 3. The highest BCUT2D eigenvalue weighted by Crippen LogP contribution is 2.21. The quantitative estimate of drug-likeness (QED) is 0.738. The number of nitrogens with zero attached hydrogens (tertiary/aromatic N) is 1. The zero-order valence-corrected chi connectivity index (χ0v) is 9.56. The normalized spacial score (nSPS) is 11.2. The summed E-state index contributed by atoms with van der Waals surface area (Å²) in [5.41, 5.74) is 0. The maximum atomic E-state index is 11.9. The molecule has 1 aromatic heterocycles. The lowest BCUT2D eigenvalue weighted by Gasteiger charge is -2.07. The maximum Gasteiger partial charge on any atom is 0.199 e. The summed E-state index contributed by atoms with van der Waals surface area (Å²) < 4.78 is 5.34. The molecule has 0 aliphatic heterocycles. The molecule has 0 radical (unpaired) electrons. The van der Waals surface area contributed by atoms with Crippen LogP contribution in [-0.4, -0.2) is 31.3 Å². The first-order valence-electron chi connectivity index (χ1n) is 5.32. The second-order valence-corrected chi connectivity index (χ2v) is 4.13. The van der Waals surface area contributed by atoms with Gasteiger partial charge in [0.2, 0.25) is 0 Å². The Morgan fingerprint density at radius 3 is 2.81 bits per heavy atom. The van der Waals surface area contributed by atoms with Crippen molar-refractivity contribution in [2.75, 3.05) is 20.6 Å². The first-order valence-corrected chi connectivity index (χ1v) is 5.32. The number of fused-ring (bicyclic) bond motifs is 1. The van der Waals surface area contributed by atoms with E-state index in [1.807, 2.05) is 43.3 Å². The average Bonchev–Trinajstić information content (AvgIpc) is 2.69. The van der Waals surface area contributed by atoms with E-state index in [0.717, 1.165) is 17.3 Å². The van der Waals surface area contributed by atoms with Crippen LogP contribution in [0.4, 0.5) is 0 Å². The molecule has 2 rings (SSSR count). The third-order valence-corrected chi connectivity index (χ3v) is 2.55. The summed E-state index contributed by atoms with van der Waals surface area (Å²) in [6, 6.07) is 7.72. The van der Waals surface area contributed by atoms with Crippen molar-refractivity contribution in [3.8, 4) is 0 Å². The van der Waals surface area contributed by atoms with Crippen molar-refractivity contribution in [1.29, 1.82) is 0 Å². The minimum Gasteiger partial charge on any atom is -0.460 e. The molecule has 0 amide bonds. The van der Waals surface area contributed by atoms with Gasteiger partial charge in [-0.1, -0.05) is 24.3 Å². The third kappa shape index (κ3) is 2.14. The smallest absolute Gasteiger partial charge is 0.199 e. The molecule has 3 heteroatoms. The number of furan rings is 1. The van der Waals surface area contributed by atoms with E-state index >= 15 is 0 Å². The van der Waals surface area contributed by atoms with Crippen molar-refractivity contribution in [2.24, 2.45) is 0 Å². The minimum absolute atomic E-state index is 0.0647. The van der Waals surface area contributed by atoms with Crippen LogP contribution >= 0.6 is 0 Å². The van der Waals surface area contributed by atoms with E-state index in [1.54, 1.807) is 6.26 Å². The van der Waals surface area contributed by atoms with Gasteiger partial charge in [0, 0.05) is 23.7 Å². The zero-order chi connectivity index (χ0) is 11.5. The Hall–Kier alpha value is -1.61. The molecule has 1 heterocycles. The molecule has 0 spiro atoms. The van der Waals surface area contributed by atoms with Gasteiger partial charge in [-0.2, -0.15) is 0 Å². The average molecular weight is 217 g/mol. The maximum absolute atomic E-state index is 11.9. The van der Waals surface area contributed by atoms with E-state index in [9.17, 15) is 4.79 Å². The highest BCUT2D eigenvalue weighted by molar-refractivity contribution is 6.05. The molecular formula is C13H15NO2. The largest absolute Gasteiger partial charge is 0.460 e. The van der Waals surface area contributed by atoms with Gasteiger partial charge in [0.1, 0.15) is 0 Å². The Kier molecular flexibility index (Phi) is 3.06. The van der Waals surface area contributed by atoms with Gasteiger partial charge >= 0.3 is 0 Å². The van der Waals surface area contributed by atoms with E-state index in [0.29, 0.717) is 12.2 Å². The van der Waals surface area contributed by atoms with Gasteiger partial charge < -0.3 is 9.32 Å². The van der Waals surface area contributed by atoms with Crippen LogP contribution in [0.1, 0.15) is 17.0 Å². The third-order valence-electron chi connectivity index (χ3n) is 2.55. The summed E-state index contributed by atoms with van der Waals surface area (Å²) in [5.74, 6) is 0.548. The summed E-state index contributed by atoms with van der Waals surface area (Å²) >= 11 is 0. The number of ketones is 1. The predicted octanol–water partition coefficient (Wildman–Crippen LogP) is 2.57. The van der Waals surface area contributed by atoms with Crippen molar-refractivity contribution in [3.63, 3.8) is 0 Å². The van der Waals surface area contributed by atoms with Crippen LogP contribution in [0.2, 0.25) is 0 Å². The van der Waals surface area contributed by atoms with Crippen LogP contribution in [0, 0.1) is 0 Å². The molecule has 2 aromatic rings. The zero-order valence-electron chi connectivity index (χ0n) is 9.56. The van der Waals surface area contributed by atoms with Crippen LogP contribution in [0.5, 0.6) is 0 Å². The second-order valence-electron chi connectivity index (χ2n) is 4.13. The van der Waals surface area contributed by atoms with E-state index in [1.165, 1.54) is 0 Å². The van der Waals surface area contributed by atoms with Gasteiger partial charge in [-0.15, -0.1) is 0 Å². The van der Waals surface area contributed by atoms with Gasteiger partial charge in [0.05, 0.1) is 6.26 Å². The summed E-state index contributed by atoms with van der Waals surface area (Å²) in [6.07, 6.45) is 2.13. The number of carbonyl (C=O) groups is 1. The Bertz CT molecular complexity index is 499. The van der Waals surface area contributed by atoms with Crippen molar-refractivity contribution in [2.45, 2.75) is 6.42 Å². The predicted molar refractivity (Wildman–Crippen MR) is 63.7 cm³/mol. The topological polar surface area (TPSA) is 33.5 Å². The van der Waals surface area contributed by atoms with Crippen LogP contribution in [0.25, 0.3) is 10.8 Å². The summed E-state index contributed by atoms with van der Waals surface area (Å²) in [5, 5.41) is 1.89. The van der Waals surface area contributed by atoms with Crippen molar-refractivity contribution >= 4 is 16.6 Å². The monoisotopic (exact) mass is 217 g/mol. The van der Waals surface area contributed by atoms with Crippen LogP contribution < -0.4 is 0 Å². The molecule has 0 aliphatic carbocycles. The molecule has 16 heavy (non-hydrogen) atoms. The molecule has 0 unspecified atom stereocenters. The van der Waals surface area contributed by atoms with Crippen molar-refractivity contribution in [1.82, 2.24) is 4.90 Å². The molecule has 0 fully saturated rings. The number of benzene rings is 1. The van der Waals surface area contributed by atoms with Crippen molar-refractivity contribution in [3.05, 3.63) is 36.3 Å². The van der Waals surface area contributed by atoms with E-state index < -0.39 is 0 Å². The lowest BCUT2D eigenvalue weighted by atomic mass is 10.1. The molecule has 0 atom stereocenters. The Morgan fingerprint density at radius 1 is 1.31 bits per heavy atom. The molecule has 84 valence electrons. The van der Waals surface area contributed by atoms with Gasteiger partial charge in [-0.05, 0) is 14.1 Å². The molecule has 3 nitrogen and oxygen atoms in total. The first kappa shape index (κ1) is 10.9. The summed E-state index contributed by atoms with van der Waals surface area (Å²) in [7, 11) is 3.90. The highest BCUT2D eigenvalue weighted by Gasteiger charge is 2.14. The Morgan fingerprint density at radius 2 is 2.06 bits per heavy atom. The number of hydrogen-bond donors (Lipinski definition) is 0. The standard InChI is InChI=1S/C13H15NO2/c1-14(2)8-7-12(15)13-11-6-4-3-5-10(11)9-16-13/h3-6,9H,7-8H2,1-2H3. The minimum atomic E-state index is 0.0647. The molecule has 0 saturated heterocycles. The van der Waals surface area contributed by atoms with Gasteiger partial charge in [-0.3, -0.25) is 4.79 Å². The fourth-order valence-electron chi connectivity index (χ4n) is 1.65. The van der Waals surface area contributed by atoms with E-state index in [4.69, 9.17) is 4.42 Å². The Labute approximate surface area is 94.7 Å². The molecule has 1 aromatic carbocycles. The highest BCUT2D eigenvalue weighted by atomic mass is 16.3. The van der Waals surface area contributed by atoms with E-state index in [2.05, 4.69) is 0 Å². The second kappa shape index (κ2) is 4.49. The number of Topliss-reactive ketones (excluding diaryl/α,β-unsaturated/α-hetero) is 1. The van der Waals surface area contributed by atoms with E-state index in [-0.39, 0.29) is 5.78 Å². The summed E-state index contributed by atoms with van der Waals surface area (Å²) in [6.45, 7) is 0.744. The van der Waals surface area contributed by atoms with Crippen LogP contribution in [-0.2, 0) is 0 Å². The lowest BCUT2D eigenvalue weighted by Crippen LogP contribution is -2.16.